The molecule has 0 saturated carbocycles. The molecule has 3 heterocycles. The van der Waals surface area contributed by atoms with Gasteiger partial charge >= 0.3 is 0 Å². The van der Waals surface area contributed by atoms with Gasteiger partial charge in [0.15, 0.2) is 10.8 Å². The van der Waals surface area contributed by atoms with E-state index in [4.69, 9.17) is 15.5 Å². The number of thiazole rings is 1. The fourth-order valence-electron chi connectivity index (χ4n) is 3.15. The van der Waals surface area contributed by atoms with E-state index in [1.54, 1.807) is 11.3 Å². The van der Waals surface area contributed by atoms with Crippen LogP contribution < -0.4 is 10.5 Å². The van der Waals surface area contributed by atoms with Crippen molar-refractivity contribution in [3.63, 3.8) is 0 Å². The second-order valence-electron chi connectivity index (χ2n) is 6.95. The zero-order valence-electron chi connectivity index (χ0n) is 15.5. The van der Waals surface area contributed by atoms with Crippen molar-refractivity contribution < 1.29 is 4.74 Å². The average molecular weight is 369 g/mol. The number of hydrogen-bond donors (Lipinski definition) is 1. The van der Waals surface area contributed by atoms with E-state index < -0.39 is 0 Å². The first-order valence-electron chi connectivity index (χ1n) is 8.90. The van der Waals surface area contributed by atoms with Crippen LogP contribution in [-0.4, -0.2) is 26.4 Å². The number of nitrogens with two attached hydrogens (primary N) is 1. The Morgan fingerprint density at radius 2 is 2.04 bits per heavy atom. The van der Waals surface area contributed by atoms with Crippen molar-refractivity contribution in [3.8, 4) is 27.8 Å². The Kier molecular flexibility index (Phi) is 4.28. The van der Waals surface area contributed by atoms with Crippen molar-refractivity contribution in [2.75, 3.05) is 6.61 Å². The van der Waals surface area contributed by atoms with Gasteiger partial charge in [0, 0.05) is 28.9 Å². The smallest absolute Gasteiger partial charge is 0.187 e. The average Bonchev–Trinajstić information content (AvgIpc) is 3.14. The van der Waals surface area contributed by atoms with Crippen LogP contribution in [0.4, 0.5) is 0 Å². The van der Waals surface area contributed by atoms with Crippen molar-refractivity contribution in [2.24, 2.45) is 5.73 Å². The number of aryl methyl sites for hydroxylation is 1. The van der Waals surface area contributed by atoms with Crippen molar-refractivity contribution in [1.82, 2.24) is 19.7 Å². The van der Waals surface area contributed by atoms with Gasteiger partial charge in [-0.25, -0.2) is 14.6 Å². The fourth-order valence-corrected chi connectivity index (χ4v) is 4.19. The van der Waals surface area contributed by atoms with E-state index in [-0.39, 0.29) is 12.1 Å². The van der Waals surface area contributed by atoms with Gasteiger partial charge in [-0.05, 0) is 45.4 Å². The molecule has 4 rings (SSSR count). The highest BCUT2D eigenvalue weighted by atomic mass is 32.1. The summed E-state index contributed by atoms with van der Waals surface area (Å²) in [7, 11) is 0. The Labute approximate surface area is 157 Å². The van der Waals surface area contributed by atoms with Crippen LogP contribution in [0.3, 0.4) is 0 Å². The summed E-state index contributed by atoms with van der Waals surface area (Å²) in [6.45, 7) is 8.75. The molecule has 2 aromatic heterocycles. The summed E-state index contributed by atoms with van der Waals surface area (Å²) < 4.78 is 7.92. The normalized spacial score (nSPS) is 14.5. The van der Waals surface area contributed by atoms with E-state index in [0.29, 0.717) is 6.61 Å². The summed E-state index contributed by atoms with van der Waals surface area (Å²) in [5, 5.41) is 5.43. The quantitative estimate of drug-likeness (QED) is 0.757. The predicted molar refractivity (Wildman–Crippen MR) is 103 cm³/mol. The summed E-state index contributed by atoms with van der Waals surface area (Å²) in [5.74, 6) is 2.46. The molecule has 1 atom stereocenters. The number of ether oxygens (including phenoxy) is 1. The zero-order chi connectivity index (χ0) is 18.4. The maximum Gasteiger partial charge on any atom is 0.187 e. The lowest BCUT2D eigenvalue weighted by Crippen LogP contribution is -2.06. The lowest BCUT2D eigenvalue weighted by molar-refractivity contribution is 0.327. The summed E-state index contributed by atoms with van der Waals surface area (Å²) in [6.07, 6.45) is 0.837. The number of rotatable bonds is 3. The summed E-state index contributed by atoms with van der Waals surface area (Å²) >= 11 is 1.68. The molecule has 0 amide bonds. The monoisotopic (exact) mass is 369 g/mol. The third kappa shape index (κ3) is 2.91. The van der Waals surface area contributed by atoms with Crippen molar-refractivity contribution in [3.05, 3.63) is 34.5 Å². The first kappa shape index (κ1) is 17.2. The molecule has 0 aliphatic carbocycles. The molecule has 0 spiro atoms. The van der Waals surface area contributed by atoms with Crippen molar-refractivity contribution >= 4 is 11.3 Å². The molecular formula is C19H23N5OS. The molecule has 26 heavy (non-hydrogen) atoms. The Bertz CT molecular complexity index is 957. The van der Waals surface area contributed by atoms with E-state index in [0.717, 1.165) is 45.6 Å². The van der Waals surface area contributed by atoms with Crippen LogP contribution in [0, 0.1) is 6.92 Å². The molecule has 1 aliphatic heterocycles. The molecule has 7 heteroatoms. The van der Waals surface area contributed by atoms with Gasteiger partial charge in [0.2, 0.25) is 0 Å². The molecule has 0 bridgehead atoms. The van der Waals surface area contributed by atoms with E-state index >= 15 is 0 Å². The molecule has 0 radical (unpaired) electrons. The van der Waals surface area contributed by atoms with Gasteiger partial charge in [0.05, 0.1) is 12.3 Å². The van der Waals surface area contributed by atoms with Gasteiger partial charge in [-0.15, -0.1) is 11.3 Å². The Morgan fingerprint density at radius 1 is 1.23 bits per heavy atom. The van der Waals surface area contributed by atoms with Crippen LogP contribution >= 0.6 is 11.3 Å². The SMILES string of the molecule is Cc1nc(-c2nc3c(s2)CCOc2cc(C(C)N)ccc2-3)n(C(C)C)n1. The molecule has 6 nitrogen and oxygen atoms in total. The maximum atomic E-state index is 6.02. The first-order valence-corrected chi connectivity index (χ1v) is 9.71. The van der Waals surface area contributed by atoms with E-state index in [2.05, 4.69) is 36.1 Å². The molecule has 1 aliphatic rings. The van der Waals surface area contributed by atoms with Gasteiger partial charge in [0.25, 0.3) is 0 Å². The van der Waals surface area contributed by atoms with E-state index in [9.17, 15) is 0 Å². The zero-order valence-corrected chi connectivity index (χ0v) is 16.3. The third-order valence-corrected chi connectivity index (χ3v) is 5.60. The van der Waals surface area contributed by atoms with Gasteiger partial charge in [-0.1, -0.05) is 6.07 Å². The van der Waals surface area contributed by atoms with Gasteiger partial charge in [0.1, 0.15) is 11.6 Å². The standard InChI is InChI=1S/C19H23N5OS/c1-10(2)24-18(21-12(4)23-24)19-22-17-14-6-5-13(11(3)20)9-15(14)25-8-7-16(17)26-19/h5-6,9-11H,7-8,20H2,1-4H3. The van der Waals surface area contributed by atoms with E-state index in [1.807, 2.05) is 24.6 Å². The lowest BCUT2D eigenvalue weighted by atomic mass is 10.0. The minimum Gasteiger partial charge on any atom is -0.492 e. The first-order chi connectivity index (χ1) is 12.4. The van der Waals surface area contributed by atoms with Gasteiger partial charge < -0.3 is 10.5 Å². The van der Waals surface area contributed by atoms with Crippen LogP contribution in [0.5, 0.6) is 5.75 Å². The Balaban J connectivity index is 1.83. The molecule has 1 unspecified atom stereocenters. The molecule has 3 aromatic rings. The predicted octanol–water partition coefficient (Wildman–Crippen LogP) is 3.91. The summed E-state index contributed by atoms with van der Waals surface area (Å²) in [6, 6.07) is 6.38. The molecule has 136 valence electrons. The van der Waals surface area contributed by atoms with Crippen molar-refractivity contribution in [2.45, 2.75) is 46.2 Å². The molecule has 0 saturated heterocycles. The summed E-state index contributed by atoms with van der Waals surface area (Å²) in [4.78, 5) is 10.8. The number of hydrogen-bond acceptors (Lipinski definition) is 6. The number of nitrogens with zero attached hydrogens (tertiary/aromatic N) is 4. The fraction of sp³-hybridized carbons (Fsp3) is 0.421. The highest BCUT2D eigenvalue weighted by molar-refractivity contribution is 7.15. The molecule has 1 aromatic carbocycles. The van der Waals surface area contributed by atoms with Gasteiger partial charge in [-0.3, -0.25) is 0 Å². The Hall–Kier alpha value is -2.25. The maximum absolute atomic E-state index is 6.02. The van der Waals surface area contributed by atoms with Crippen LogP contribution in [0.15, 0.2) is 18.2 Å². The lowest BCUT2D eigenvalue weighted by Gasteiger charge is -2.11. The summed E-state index contributed by atoms with van der Waals surface area (Å²) in [5.41, 5.74) is 9.10. The second kappa shape index (κ2) is 6.48. The number of aromatic nitrogens is 4. The minimum absolute atomic E-state index is 0.0230. The minimum atomic E-state index is -0.0230. The highest BCUT2D eigenvalue weighted by Gasteiger charge is 2.24. The topological polar surface area (TPSA) is 78.9 Å². The molecule has 0 fully saturated rings. The largest absolute Gasteiger partial charge is 0.492 e. The van der Waals surface area contributed by atoms with Crippen LogP contribution in [0.1, 0.15) is 49.1 Å². The number of benzene rings is 1. The highest BCUT2D eigenvalue weighted by Crippen LogP contribution is 2.41. The molecular weight excluding hydrogens is 346 g/mol. The van der Waals surface area contributed by atoms with Crippen molar-refractivity contribution in [1.29, 1.82) is 0 Å². The Morgan fingerprint density at radius 3 is 2.77 bits per heavy atom. The second-order valence-corrected chi connectivity index (χ2v) is 8.04. The number of fused-ring (bicyclic) bond motifs is 3. The third-order valence-electron chi connectivity index (χ3n) is 4.49. The van der Waals surface area contributed by atoms with Gasteiger partial charge in [-0.2, -0.15) is 5.10 Å². The van der Waals surface area contributed by atoms with Crippen LogP contribution in [0.2, 0.25) is 0 Å². The molecule has 2 N–H and O–H groups in total. The van der Waals surface area contributed by atoms with Crippen LogP contribution in [0.25, 0.3) is 22.1 Å². The van der Waals surface area contributed by atoms with E-state index in [1.165, 1.54) is 4.88 Å². The van der Waals surface area contributed by atoms with Crippen LogP contribution in [-0.2, 0) is 6.42 Å².